The van der Waals surface area contributed by atoms with Gasteiger partial charge in [0.25, 0.3) is 11.1 Å². The van der Waals surface area contributed by atoms with Gasteiger partial charge in [0.1, 0.15) is 18.0 Å². The first-order valence-electron chi connectivity index (χ1n) is 10.9. The molecule has 0 radical (unpaired) electrons. The van der Waals surface area contributed by atoms with Gasteiger partial charge in [-0.2, -0.15) is 0 Å². The summed E-state index contributed by atoms with van der Waals surface area (Å²) < 4.78 is 10.5. The van der Waals surface area contributed by atoms with E-state index in [9.17, 15) is 19.2 Å². The van der Waals surface area contributed by atoms with E-state index in [1.54, 1.807) is 66.6 Å². The van der Waals surface area contributed by atoms with E-state index < -0.39 is 17.1 Å². The van der Waals surface area contributed by atoms with Crippen molar-refractivity contribution in [2.45, 2.75) is 19.3 Å². The molecule has 34 heavy (non-hydrogen) atoms. The van der Waals surface area contributed by atoms with Crippen molar-refractivity contribution in [3.8, 4) is 11.5 Å². The number of hydrogen-bond donors (Lipinski definition) is 0. The quantitative estimate of drug-likeness (QED) is 0.351. The zero-order chi connectivity index (χ0) is 24.1. The van der Waals surface area contributed by atoms with Gasteiger partial charge in [0.05, 0.1) is 17.6 Å². The molecule has 4 rings (SSSR count). The highest BCUT2D eigenvalue weighted by molar-refractivity contribution is 8.18. The van der Waals surface area contributed by atoms with Gasteiger partial charge in [-0.05, 0) is 79.1 Å². The predicted molar refractivity (Wildman–Crippen MR) is 128 cm³/mol. The van der Waals surface area contributed by atoms with Crippen LogP contribution in [0.2, 0.25) is 0 Å². The molecule has 2 aromatic carbocycles. The molecule has 0 unspecified atom stereocenters. The summed E-state index contributed by atoms with van der Waals surface area (Å²) in [5.41, 5.74) is 0.957. The van der Waals surface area contributed by atoms with Crippen LogP contribution in [-0.2, 0) is 9.59 Å². The monoisotopic (exact) mass is 480 g/mol. The van der Waals surface area contributed by atoms with Crippen LogP contribution in [0.5, 0.6) is 11.5 Å². The van der Waals surface area contributed by atoms with Gasteiger partial charge < -0.3 is 14.4 Å². The summed E-state index contributed by atoms with van der Waals surface area (Å²) >= 11 is 0.794. The second-order valence-electron chi connectivity index (χ2n) is 7.90. The molecule has 9 heteroatoms. The summed E-state index contributed by atoms with van der Waals surface area (Å²) in [7, 11) is 1.54. The zero-order valence-electron chi connectivity index (χ0n) is 18.7. The van der Waals surface area contributed by atoms with E-state index in [0.717, 1.165) is 35.9 Å². The number of hydrogen-bond acceptors (Lipinski definition) is 7. The Labute approximate surface area is 201 Å². The number of ether oxygens (including phenoxy) is 2. The first-order valence-corrected chi connectivity index (χ1v) is 11.8. The van der Waals surface area contributed by atoms with Gasteiger partial charge in [0.15, 0.2) is 0 Å². The Morgan fingerprint density at radius 2 is 1.74 bits per heavy atom. The van der Waals surface area contributed by atoms with E-state index in [4.69, 9.17) is 9.47 Å². The van der Waals surface area contributed by atoms with Crippen molar-refractivity contribution in [1.82, 2.24) is 9.80 Å². The molecule has 3 amide bonds. The maximum absolute atomic E-state index is 12.8. The molecule has 0 spiro atoms. The highest BCUT2D eigenvalue weighted by Crippen LogP contribution is 2.32. The summed E-state index contributed by atoms with van der Waals surface area (Å²) in [4.78, 5) is 53.0. The van der Waals surface area contributed by atoms with Crippen LogP contribution in [0.15, 0.2) is 53.4 Å². The lowest BCUT2D eigenvalue weighted by Crippen LogP contribution is -2.44. The van der Waals surface area contributed by atoms with E-state index in [-0.39, 0.29) is 17.4 Å². The fourth-order valence-corrected chi connectivity index (χ4v) is 4.57. The van der Waals surface area contributed by atoms with Crippen LogP contribution in [0.3, 0.4) is 0 Å². The standard InChI is InChI=1S/C25H24N2O6S/c1-32-19-10-8-18(9-11-19)24(30)33-20-7-5-6-17(14-20)15-21-23(29)27(25(31)34-21)16-22(28)26-12-3-2-4-13-26/h5-11,14-15H,2-4,12-13,16H2,1H3/b21-15-. The van der Waals surface area contributed by atoms with Crippen LogP contribution in [0.1, 0.15) is 35.2 Å². The lowest BCUT2D eigenvalue weighted by atomic mass is 10.1. The molecule has 0 N–H and O–H groups in total. The second kappa shape index (κ2) is 10.6. The molecule has 0 aromatic heterocycles. The minimum atomic E-state index is -0.531. The van der Waals surface area contributed by atoms with E-state index in [1.165, 1.54) is 0 Å². The Morgan fingerprint density at radius 3 is 2.44 bits per heavy atom. The highest BCUT2D eigenvalue weighted by atomic mass is 32.2. The fraction of sp³-hybridized carbons (Fsp3) is 0.280. The van der Waals surface area contributed by atoms with Gasteiger partial charge in [0, 0.05) is 13.1 Å². The largest absolute Gasteiger partial charge is 0.497 e. The van der Waals surface area contributed by atoms with Crippen molar-refractivity contribution in [2.75, 3.05) is 26.7 Å². The number of imide groups is 1. The molecule has 0 bridgehead atoms. The number of likely N-dealkylation sites (tertiary alicyclic amines) is 1. The summed E-state index contributed by atoms with van der Waals surface area (Å²) in [5, 5.41) is -0.469. The van der Waals surface area contributed by atoms with Crippen LogP contribution in [0.4, 0.5) is 4.79 Å². The van der Waals surface area contributed by atoms with Gasteiger partial charge in [0.2, 0.25) is 5.91 Å². The normalized spacial score (nSPS) is 17.3. The lowest BCUT2D eigenvalue weighted by Gasteiger charge is -2.27. The summed E-state index contributed by atoms with van der Waals surface area (Å²) in [6.07, 6.45) is 4.52. The first-order chi connectivity index (χ1) is 16.4. The van der Waals surface area contributed by atoms with Crippen molar-refractivity contribution in [1.29, 1.82) is 0 Å². The van der Waals surface area contributed by atoms with E-state index >= 15 is 0 Å². The number of carbonyl (C=O) groups is 4. The average molecular weight is 481 g/mol. The summed E-state index contributed by atoms with van der Waals surface area (Å²) in [6, 6.07) is 13.2. The van der Waals surface area contributed by atoms with Gasteiger partial charge >= 0.3 is 5.97 Å². The van der Waals surface area contributed by atoms with Crippen LogP contribution in [0, 0.1) is 0 Å². The Balaban J connectivity index is 1.42. The molecule has 2 heterocycles. The molecule has 2 aromatic rings. The number of nitrogens with zero attached hydrogens (tertiary/aromatic N) is 2. The topological polar surface area (TPSA) is 93.2 Å². The molecule has 8 nitrogen and oxygen atoms in total. The molecule has 2 aliphatic heterocycles. The third kappa shape index (κ3) is 5.48. The number of esters is 1. The molecule has 2 aliphatic rings. The lowest BCUT2D eigenvalue weighted by molar-refractivity contribution is -0.136. The van der Waals surface area contributed by atoms with Crippen LogP contribution < -0.4 is 9.47 Å². The van der Waals surface area contributed by atoms with E-state index in [1.807, 2.05) is 0 Å². The fourth-order valence-electron chi connectivity index (χ4n) is 3.73. The summed E-state index contributed by atoms with van der Waals surface area (Å²) in [5.74, 6) is -0.313. The Kier molecular flexibility index (Phi) is 7.32. The van der Waals surface area contributed by atoms with Gasteiger partial charge in [-0.15, -0.1) is 0 Å². The number of amides is 3. The number of carbonyl (C=O) groups excluding carboxylic acids is 4. The zero-order valence-corrected chi connectivity index (χ0v) is 19.5. The predicted octanol–water partition coefficient (Wildman–Crippen LogP) is 3.96. The van der Waals surface area contributed by atoms with Crippen molar-refractivity contribution in [3.05, 3.63) is 64.6 Å². The number of methoxy groups -OCH3 is 1. The van der Waals surface area contributed by atoms with Crippen molar-refractivity contribution >= 4 is 40.9 Å². The minimum absolute atomic E-state index is 0.212. The van der Waals surface area contributed by atoms with Gasteiger partial charge in [-0.1, -0.05) is 12.1 Å². The van der Waals surface area contributed by atoms with Crippen LogP contribution in [0.25, 0.3) is 6.08 Å². The molecular weight excluding hydrogens is 456 g/mol. The van der Waals surface area contributed by atoms with Gasteiger partial charge in [-0.25, -0.2) is 4.79 Å². The maximum atomic E-state index is 12.8. The first kappa shape index (κ1) is 23.6. The maximum Gasteiger partial charge on any atom is 0.343 e. The van der Waals surface area contributed by atoms with Crippen molar-refractivity contribution in [2.24, 2.45) is 0 Å². The number of thioether (sulfide) groups is 1. The van der Waals surface area contributed by atoms with Crippen LogP contribution in [-0.4, -0.2) is 59.6 Å². The molecule has 0 atom stereocenters. The minimum Gasteiger partial charge on any atom is -0.497 e. The molecule has 2 fully saturated rings. The Hall–Kier alpha value is -3.59. The third-order valence-corrected chi connectivity index (χ3v) is 6.48. The Bertz CT molecular complexity index is 1140. The van der Waals surface area contributed by atoms with Crippen molar-refractivity contribution < 1.29 is 28.7 Å². The third-order valence-electron chi connectivity index (χ3n) is 5.57. The second-order valence-corrected chi connectivity index (χ2v) is 8.89. The highest BCUT2D eigenvalue weighted by Gasteiger charge is 2.37. The molecule has 176 valence electrons. The number of benzene rings is 2. The van der Waals surface area contributed by atoms with Gasteiger partial charge in [-0.3, -0.25) is 19.3 Å². The van der Waals surface area contributed by atoms with Crippen molar-refractivity contribution in [3.63, 3.8) is 0 Å². The molecule has 0 aliphatic carbocycles. The number of rotatable bonds is 6. The van der Waals surface area contributed by atoms with E-state index in [0.29, 0.717) is 35.7 Å². The molecule has 2 saturated heterocycles. The SMILES string of the molecule is COc1ccc(C(=O)Oc2cccc(/C=C3\SC(=O)N(CC(=O)N4CCCCC4)C3=O)c2)cc1. The molecule has 0 saturated carbocycles. The molecular formula is C25H24N2O6S. The number of piperidine rings is 1. The van der Waals surface area contributed by atoms with Crippen LogP contribution >= 0.6 is 11.8 Å². The average Bonchev–Trinajstić information content (AvgIpc) is 3.12. The Morgan fingerprint density at radius 1 is 1.00 bits per heavy atom. The summed E-state index contributed by atoms with van der Waals surface area (Å²) in [6.45, 7) is 1.07. The smallest absolute Gasteiger partial charge is 0.343 e. The van der Waals surface area contributed by atoms with E-state index in [2.05, 4.69) is 0 Å².